The van der Waals surface area contributed by atoms with E-state index in [1.165, 1.54) is 0 Å². The van der Waals surface area contributed by atoms with Crippen LogP contribution < -0.4 is 4.74 Å². The largest absolute Gasteiger partial charge is 0.477 e. The quantitative estimate of drug-likeness (QED) is 0.885. The minimum Gasteiger partial charge on any atom is -0.477 e. The molecule has 0 atom stereocenters. The number of aromatic nitrogens is 1. The number of ether oxygens (including phenoxy) is 2. The fraction of sp³-hybridized carbons (Fsp3) is 0.538. The second-order valence-corrected chi connectivity index (χ2v) is 4.49. The molecule has 1 fully saturated rings. The van der Waals surface area contributed by atoms with Gasteiger partial charge in [0.1, 0.15) is 0 Å². The van der Waals surface area contributed by atoms with E-state index in [9.17, 15) is 4.79 Å². The van der Waals surface area contributed by atoms with E-state index in [0.29, 0.717) is 24.0 Å². The second-order valence-electron chi connectivity index (χ2n) is 4.49. The zero-order valence-corrected chi connectivity index (χ0v) is 10.4. The van der Waals surface area contributed by atoms with E-state index < -0.39 is 5.97 Å². The van der Waals surface area contributed by atoms with Gasteiger partial charge in [-0.3, -0.25) is 0 Å². The molecule has 1 saturated heterocycles. The number of carboxylic acid groups (broad SMARTS) is 1. The summed E-state index contributed by atoms with van der Waals surface area (Å²) < 4.78 is 10.8. The Balaban J connectivity index is 1.96. The van der Waals surface area contributed by atoms with Gasteiger partial charge in [-0.1, -0.05) is 6.07 Å². The number of rotatable bonds is 4. The van der Waals surface area contributed by atoms with Crippen molar-refractivity contribution in [3.8, 4) is 5.88 Å². The van der Waals surface area contributed by atoms with E-state index in [0.717, 1.165) is 26.1 Å². The molecule has 0 amide bonds. The number of nitrogens with zero attached hydrogens (tertiary/aromatic N) is 1. The average Bonchev–Trinajstić information content (AvgIpc) is 2.38. The van der Waals surface area contributed by atoms with Crippen LogP contribution in [0.3, 0.4) is 0 Å². The molecular formula is C13H17NO4. The fourth-order valence-electron chi connectivity index (χ4n) is 1.92. The Kier molecular flexibility index (Phi) is 4.15. The second kappa shape index (κ2) is 5.82. The van der Waals surface area contributed by atoms with Gasteiger partial charge in [-0.05, 0) is 31.2 Å². The molecule has 1 aliphatic heterocycles. The summed E-state index contributed by atoms with van der Waals surface area (Å²) in [6.07, 6.45) is 1.97. The van der Waals surface area contributed by atoms with E-state index in [1.807, 2.05) is 0 Å². The highest BCUT2D eigenvalue weighted by atomic mass is 16.5. The summed E-state index contributed by atoms with van der Waals surface area (Å²) in [5.74, 6) is -0.177. The van der Waals surface area contributed by atoms with Gasteiger partial charge >= 0.3 is 5.97 Å². The Hall–Kier alpha value is -1.62. The van der Waals surface area contributed by atoms with Gasteiger partial charge in [0.25, 0.3) is 0 Å². The zero-order valence-electron chi connectivity index (χ0n) is 10.4. The van der Waals surface area contributed by atoms with E-state index >= 15 is 0 Å². The summed E-state index contributed by atoms with van der Waals surface area (Å²) in [6.45, 7) is 3.84. The first kappa shape index (κ1) is 12.8. The third kappa shape index (κ3) is 3.20. The summed E-state index contributed by atoms with van der Waals surface area (Å²) in [7, 11) is 0. The van der Waals surface area contributed by atoms with Crippen LogP contribution in [0.5, 0.6) is 5.88 Å². The van der Waals surface area contributed by atoms with Crippen molar-refractivity contribution in [2.75, 3.05) is 19.8 Å². The molecule has 0 spiro atoms. The van der Waals surface area contributed by atoms with Gasteiger partial charge < -0.3 is 14.6 Å². The molecule has 1 aromatic heterocycles. The van der Waals surface area contributed by atoms with Crippen LogP contribution in [0.4, 0.5) is 0 Å². The van der Waals surface area contributed by atoms with E-state index in [4.69, 9.17) is 14.6 Å². The average molecular weight is 251 g/mol. The van der Waals surface area contributed by atoms with Crippen LogP contribution in [-0.2, 0) is 4.74 Å². The Morgan fingerprint density at radius 2 is 2.22 bits per heavy atom. The van der Waals surface area contributed by atoms with Gasteiger partial charge in [0.05, 0.1) is 6.61 Å². The fourth-order valence-corrected chi connectivity index (χ4v) is 1.92. The van der Waals surface area contributed by atoms with Gasteiger partial charge in [-0.15, -0.1) is 0 Å². The molecular weight excluding hydrogens is 234 g/mol. The van der Waals surface area contributed by atoms with Crippen molar-refractivity contribution in [1.29, 1.82) is 0 Å². The normalized spacial score (nSPS) is 16.5. The van der Waals surface area contributed by atoms with Crippen LogP contribution in [0.25, 0.3) is 0 Å². The number of pyridine rings is 1. The first-order valence-corrected chi connectivity index (χ1v) is 6.08. The van der Waals surface area contributed by atoms with Crippen molar-refractivity contribution in [3.05, 3.63) is 23.4 Å². The number of carboxylic acids is 1. The Labute approximate surface area is 106 Å². The lowest BCUT2D eigenvalue weighted by atomic mass is 10.0. The maximum atomic E-state index is 10.9. The molecule has 2 heterocycles. The summed E-state index contributed by atoms with van der Waals surface area (Å²) in [4.78, 5) is 14.9. The number of hydrogen-bond acceptors (Lipinski definition) is 4. The summed E-state index contributed by atoms with van der Waals surface area (Å²) in [5.41, 5.74) is 0.695. The molecule has 18 heavy (non-hydrogen) atoms. The molecule has 0 bridgehead atoms. The Morgan fingerprint density at radius 3 is 2.89 bits per heavy atom. The standard InChI is InChI=1S/C13H17NO4/c1-9-2-3-11(14-12(9)13(15)16)18-8-10-4-6-17-7-5-10/h2-3,10H,4-8H2,1H3,(H,15,16). The van der Waals surface area contributed by atoms with Crippen molar-refractivity contribution in [1.82, 2.24) is 4.98 Å². The van der Waals surface area contributed by atoms with Crippen molar-refractivity contribution < 1.29 is 19.4 Å². The van der Waals surface area contributed by atoms with Crippen LogP contribution >= 0.6 is 0 Å². The highest BCUT2D eigenvalue weighted by Gasteiger charge is 2.15. The molecule has 0 aromatic carbocycles. The number of aryl methyl sites for hydroxylation is 1. The highest BCUT2D eigenvalue weighted by molar-refractivity contribution is 5.87. The molecule has 1 N–H and O–H groups in total. The van der Waals surface area contributed by atoms with Gasteiger partial charge in [-0.25, -0.2) is 9.78 Å². The van der Waals surface area contributed by atoms with Crippen LogP contribution in [0, 0.1) is 12.8 Å². The lowest BCUT2D eigenvalue weighted by Crippen LogP contribution is -2.21. The van der Waals surface area contributed by atoms with Crippen molar-refractivity contribution in [2.24, 2.45) is 5.92 Å². The predicted octanol–water partition coefficient (Wildman–Crippen LogP) is 1.89. The Morgan fingerprint density at radius 1 is 1.50 bits per heavy atom. The first-order valence-electron chi connectivity index (χ1n) is 6.08. The molecule has 0 saturated carbocycles. The maximum Gasteiger partial charge on any atom is 0.354 e. The van der Waals surface area contributed by atoms with Crippen molar-refractivity contribution in [3.63, 3.8) is 0 Å². The van der Waals surface area contributed by atoms with Crippen LogP contribution in [0.1, 0.15) is 28.9 Å². The SMILES string of the molecule is Cc1ccc(OCC2CCOCC2)nc1C(=O)O. The smallest absolute Gasteiger partial charge is 0.354 e. The predicted molar refractivity (Wildman–Crippen MR) is 65.0 cm³/mol. The molecule has 0 radical (unpaired) electrons. The molecule has 98 valence electrons. The molecule has 5 nitrogen and oxygen atoms in total. The topological polar surface area (TPSA) is 68.7 Å². The highest BCUT2D eigenvalue weighted by Crippen LogP contribution is 2.18. The lowest BCUT2D eigenvalue weighted by Gasteiger charge is -2.21. The van der Waals surface area contributed by atoms with Crippen molar-refractivity contribution >= 4 is 5.97 Å². The molecule has 1 aromatic rings. The number of hydrogen-bond donors (Lipinski definition) is 1. The first-order chi connectivity index (χ1) is 8.66. The van der Waals surface area contributed by atoms with Crippen molar-refractivity contribution in [2.45, 2.75) is 19.8 Å². The number of aromatic carboxylic acids is 1. The molecule has 0 unspecified atom stereocenters. The van der Waals surface area contributed by atoms with Crippen LogP contribution in [-0.4, -0.2) is 35.9 Å². The van der Waals surface area contributed by atoms with E-state index in [2.05, 4.69) is 4.98 Å². The van der Waals surface area contributed by atoms with Gasteiger partial charge in [0.2, 0.25) is 5.88 Å². The third-order valence-electron chi connectivity index (χ3n) is 3.08. The molecule has 0 aliphatic carbocycles. The summed E-state index contributed by atoms with van der Waals surface area (Å²) >= 11 is 0. The maximum absolute atomic E-state index is 10.9. The molecule has 2 rings (SSSR count). The van der Waals surface area contributed by atoms with Gasteiger partial charge in [0.15, 0.2) is 5.69 Å². The minimum atomic E-state index is -1.02. The Bertz CT molecular complexity index is 427. The third-order valence-corrected chi connectivity index (χ3v) is 3.08. The van der Waals surface area contributed by atoms with Crippen LogP contribution in [0.15, 0.2) is 12.1 Å². The lowest BCUT2D eigenvalue weighted by molar-refractivity contribution is 0.0489. The minimum absolute atomic E-state index is 0.0551. The van der Waals surface area contributed by atoms with Gasteiger partial charge in [0, 0.05) is 19.3 Å². The van der Waals surface area contributed by atoms with Gasteiger partial charge in [-0.2, -0.15) is 0 Å². The monoisotopic (exact) mass is 251 g/mol. The van der Waals surface area contributed by atoms with E-state index in [1.54, 1.807) is 19.1 Å². The number of carbonyl (C=O) groups is 1. The van der Waals surface area contributed by atoms with Crippen LogP contribution in [0.2, 0.25) is 0 Å². The zero-order chi connectivity index (χ0) is 13.0. The van der Waals surface area contributed by atoms with E-state index in [-0.39, 0.29) is 5.69 Å². The molecule has 1 aliphatic rings. The summed E-state index contributed by atoms with van der Waals surface area (Å²) in [6, 6.07) is 3.43. The summed E-state index contributed by atoms with van der Waals surface area (Å²) in [5, 5.41) is 8.97. The molecule has 5 heteroatoms.